The Hall–Kier alpha value is -1.67. The number of nitrogens with zero attached hydrogens (tertiary/aromatic N) is 2. The van der Waals surface area contributed by atoms with Crippen LogP contribution in [0.15, 0.2) is 48.7 Å². The van der Waals surface area contributed by atoms with Crippen molar-refractivity contribution in [3.05, 3.63) is 65.5 Å². The molecule has 1 aliphatic rings. The molecule has 3 rings (SSSR count). The Morgan fingerprint density at radius 2 is 1.95 bits per heavy atom. The minimum atomic E-state index is 0.450. The van der Waals surface area contributed by atoms with Gasteiger partial charge in [0.2, 0.25) is 0 Å². The molecule has 104 valence electrons. The quantitative estimate of drug-likeness (QED) is 0.843. The fraction of sp³-hybridized carbons (Fsp3) is 0.389. The monoisotopic (exact) mass is 266 g/mol. The number of hydrogen-bond acceptors (Lipinski definition) is 2. The number of likely N-dealkylation sites (N-methyl/N-ethyl adjacent to an activating group) is 1. The Morgan fingerprint density at radius 1 is 1.15 bits per heavy atom. The van der Waals surface area contributed by atoms with E-state index in [1.165, 1.54) is 23.2 Å². The number of aryl methyl sites for hydroxylation is 1. The van der Waals surface area contributed by atoms with Gasteiger partial charge in [0, 0.05) is 30.4 Å². The summed E-state index contributed by atoms with van der Waals surface area (Å²) in [6, 6.07) is 16.1. The molecule has 0 N–H and O–H groups in total. The van der Waals surface area contributed by atoms with Gasteiger partial charge in [-0.25, -0.2) is 0 Å². The van der Waals surface area contributed by atoms with Gasteiger partial charge in [0.25, 0.3) is 0 Å². The predicted octanol–water partition coefficient (Wildman–Crippen LogP) is 3.63. The van der Waals surface area contributed by atoms with Crippen LogP contribution in [0.1, 0.15) is 36.2 Å². The lowest BCUT2D eigenvalue weighted by atomic mass is 9.90. The summed E-state index contributed by atoms with van der Waals surface area (Å²) in [4.78, 5) is 7.06. The molecule has 0 amide bonds. The number of benzene rings is 1. The minimum absolute atomic E-state index is 0.450. The van der Waals surface area contributed by atoms with E-state index in [4.69, 9.17) is 0 Å². The van der Waals surface area contributed by atoms with Gasteiger partial charge in [-0.1, -0.05) is 36.4 Å². The first-order valence-electron chi connectivity index (χ1n) is 7.45. The molecule has 2 heteroatoms. The van der Waals surface area contributed by atoms with Crippen LogP contribution in [0, 0.1) is 0 Å². The third kappa shape index (κ3) is 2.61. The number of hydrogen-bond donors (Lipinski definition) is 0. The topological polar surface area (TPSA) is 16.1 Å². The molecule has 0 saturated heterocycles. The molecule has 2 nitrogen and oxygen atoms in total. The highest BCUT2D eigenvalue weighted by atomic mass is 15.2. The third-order valence-corrected chi connectivity index (χ3v) is 4.63. The minimum Gasteiger partial charge on any atom is -0.296 e. The second kappa shape index (κ2) is 5.76. The molecule has 0 saturated carbocycles. The van der Waals surface area contributed by atoms with Crippen molar-refractivity contribution < 1.29 is 0 Å². The highest BCUT2D eigenvalue weighted by Gasteiger charge is 2.25. The average molecular weight is 266 g/mol. The van der Waals surface area contributed by atoms with Crippen LogP contribution in [0.2, 0.25) is 0 Å². The molecule has 0 radical (unpaired) electrons. The van der Waals surface area contributed by atoms with Gasteiger partial charge in [-0.15, -0.1) is 0 Å². The van der Waals surface area contributed by atoms with Crippen LogP contribution in [0.4, 0.5) is 0 Å². The van der Waals surface area contributed by atoms with E-state index in [0.29, 0.717) is 12.1 Å². The molecule has 0 fully saturated rings. The molecule has 1 aliphatic carbocycles. The summed E-state index contributed by atoms with van der Waals surface area (Å²) in [6.45, 7) is 2.29. The van der Waals surface area contributed by atoms with Crippen molar-refractivity contribution in [1.29, 1.82) is 0 Å². The smallest absolute Gasteiger partial charge is 0.0451 e. The van der Waals surface area contributed by atoms with Gasteiger partial charge in [0.15, 0.2) is 0 Å². The fourth-order valence-electron chi connectivity index (χ4n) is 3.16. The summed E-state index contributed by atoms with van der Waals surface area (Å²) in [5.41, 5.74) is 4.11. The summed E-state index contributed by atoms with van der Waals surface area (Å²) in [5, 5.41) is 0. The molecule has 2 atom stereocenters. The number of fused-ring (bicyclic) bond motifs is 1. The summed E-state index contributed by atoms with van der Waals surface area (Å²) < 4.78 is 0. The van der Waals surface area contributed by atoms with Crippen molar-refractivity contribution in [2.45, 2.75) is 38.3 Å². The molecule has 1 aromatic carbocycles. The largest absolute Gasteiger partial charge is 0.296 e. The van der Waals surface area contributed by atoms with Crippen molar-refractivity contribution in [2.24, 2.45) is 0 Å². The van der Waals surface area contributed by atoms with Gasteiger partial charge >= 0.3 is 0 Å². The van der Waals surface area contributed by atoms with Crippen LogP contribution in [-0.2, 0) is 12.8 Å². The maximum absolute atomic E-state index is 4.56. The molecule has 20 heavy (non-hydrogen) atoms. The van der Waals surface area contributed by atoms with Crippen molar-refractivity contribution in [3.8, 4) is 0 Å². The second-order valence-electron chi connectivity index (χ2n) is 5.76. The SMILES string of the molecule is CC(c1ccccc1)N(C)C1CCc2cccnc2C1. The van der Waals surface area contributed by atoms with E-state index in [1.807, 2.05) is 6.20 Å². The molecule has 2 unspecified atom stereocenters. The van der Waals surface area contributed by atoms with E-state index >= 15 is 0 Å². The molecular formula is C18H22N2. The van der Waals surface area contributed by atoms with Gasteiger partial charge in [-0.3, -0.25) is 9.88 Å². The normalized spacial score (nSPS) is 19.6. The Kier molecular flexibility index (Phi) is 3.83. The van der Waals surface area contributed by atoms with E-state index in [9.17, 15) is 0 Å². The Labute approximate surface area is 121 Å². The zero-order valence-corrected chi connectivity index (χ0v) is 12.3. The zero-order valence-electron chi connectivity index (χ0n) is 12.3. The molecule has 1 heterocycles. The average Bonchev–Trinajstić information content (AvgIpc) is 2.54. The number of aromatic nitrogens is 1. The standard InChI is InChI=1S/C18H22N2/c1-14(15-7-4-3-5-8-15)20(2)17-11-10-16-9-6-12-19-18(16)13-17/h3-9,12,14,17H,10-11,13H2,1-2H3. The third-order valence-electron chi connectivity index (χ3n) is 4.63. The maximum Gasteiger partial charge on any atom is 0.0451 e. The lowest BCUT2D eigenvalue weighted by Gasteiger charge is -2.36. The first-order chi connectivity index (χ1) is 9.75. The van der Waals surface area contributed by atoms with Gasteiger partial charge < -0.3 is 0 Å². The van der Waals surface area contributed by atoms with Crippen LogP contribution >= 0.6 is 0 Å². The molecule has 0 aliphatic heterocycles. The predicted molar refractivity (Wildman–Crippen MR) is 82.7 cm³/mol. The van der Waals surface area contributed by atoms with Crippen molar-refractivity contribution in [3.63, 3.8) is 0 Å². The number of pyridine rings is 1. The van der Waals surface area contributed by atoms with E-state index in [1.54, 1.807) is 0 Å². The highest BCUT2D eigenvalue weighted by molar-refractivity contribution is 5.24. The van der Waals surface area contributed by atoms with Gasteiger partial charge in [0.1, 0.15) is 0 Å². The lowest BCUT2D eigenvalue weighted by Crippen LogP contribution is -2.38. The summed E-state index contributed by atoms with van der Waals surface area (Å²) in [7, 11) is 2.25. The van der Waals surface area contributed by atoms with Gasteiger partial charge in [0.05, 0.1) is 0 Å². The zero-order chi connectivity index (χ0) is 13.9. The van der Waals surface area contributed by atoms with E-state index in [-0.39, 0.29) is 0 Å². The summed E-state index contributed by atoms with van der Waals surface area (Å²) in [6.07, 6.45) is 5.37. The summed E-state index contributed by atoms with van der Waals surface area (Å²) >= 11 is 0. The number of rotatable bonds is 3. The van der Waals surface area contributed by atoms with Crippen molar-refractivity contribution in [1.82, 2.24) is 9.88 Å². The Morgan fingerprint density at radius 3 is 2.75 bits per heavy atom. The lowest BCUT2D eigenvalue weighted by molar-refractivity contribution is 0.168. The van der Waals surface area contributed by atoms with Crippen molar-refractivity contribution in [2.75, 3.05) is 7.05 Å². The summed E-state index contributed by atoms with van der Waals surface area (Å²) in [5.74, 6) is 0. The molecule has 2 aromatic rings. The van der Waals surface area contributed by atoms with Crippen LogP contribution < -0.4 is 0 Å². The van der Waals surface area contributed by atoms with Crippen LogP contribution in [0.25, 0.3) is 0 Å². The van der Waals surface area contributed by atoms with E-state index in [2.05, 4.69) is 66.3 Å². The van der Waals surface area contributed by atoms with Crippen LogP contribution in [-0.4, -0.2) is 23.0 Å². The molecule has 1 aromatic heterocycles. The van der Waals surface area contributed by atoms with Gasteiger partial charge in [-0.2, -0.15) is 0 Å². The Bertz CT molecular complexity index is 565. The second-order valence-corrected chi connectivity index (χ2v) is 5.76. The van der Waals surface area contributed by atoms with Crippen LogP contribution in [0.3, 0.4) is 0 Å². The van der Waals surface area contributed by atoms with E-state index in [0.717, 1.165) is 12.8 Å². The highest BCUT2D eigenvalue weighted by Crippen LogP contribution is 2.28. The molecular weight excluding hydrogens is 244 g/mol. The molecule has 0 bridgehead atoms. The van der Waals surface area contributed by atoms with E-state index < -0.39 is 0 Å². The van der Waals surface area contributed by atoms with Crippen LogP contribution in [0.5, 0.6) is 0 Å². The maximum atomic E-state index is 4.56. The first kappa shape index (κ1) is 13.3. The fourth-order valence-corrected chi connectivity index (χ4v) is 3.16. The van der Waals surface area contributed by atoms with Crippen molar-refractivity contribution >= 4 is 0 Å². The molecule has 0 spiro atoms. The van der Waals surface area contributed by atoms with Gasteiger partial charge in [-0.05, 0) is 44.0 Å². The first-order valence-corrected chi connectivity index (χ1v) is 7.45. The Balaban J connectivity index is 1.74.